The molecule has 0 atom stereocenters. The molecule has 2 aromatic rings. The van der Waals surface area contributed by atoms with Crippen molar-refractivity contribution in [3.63, 3.8) is 0 Å². The Hall–Kier alpha value is -1.80. The third-order valence-corrected chi connectivity index (χ3v) is 3.90. The van der Waals surface area contributed by atoms with Crippen LogP contribution in [-0.2, 0) is 11.3 Å². The molecule has 7 nitrogen and oxygen atoms in total. The van der Waals surface area contributed by atoms with E-state index >= 15 is 0 Å². The van der Waals surface area contributed by atoms with E-state index < -0.39 is 5.60 Å². The molecular formula is C16H25N5O2S. The van der Waals surface area contributed by atoms with E-state index in [-0.39, 0.29) is 6.09 Å². The molecule has 0 spiro atoms. The van der Waals surface area contributed by atoms with E-state index in [2.05, 4.69) is 26.8 Å². The van der Waals surface area contributed by atoms with Gasteiger partial charge in [0.25, 0.3) is 0 Å². The summed E-state index contributed by atoms with van der Waals surface area (Å²) in [7, 11) is 0. The van der Waals surface area contributed by atoms with Gasteiger partial charge in [0, 0.05) is 19.3 Å². The predicted molar refractivity (Wildman–Crippen MR) is 95.3 cm³/mol. The Kier molecular flexibility index (Phi) is 6.44. The van der Waals surface area contributed by atoms with E-state index in [1.54, 1.807) is 18.1 Å². The molecule has 0 radical (unpaired) electrons. The maximum Gasteiger partial charge on any atom is 0.407 e. The van der Waals surface area contributed by atoms with Crippen LogP contribution < -0.4 is 10.6 Å². The number of rotatable bonds is 7. The molecule has 0 aliphatic heterocycles. The number of carbonyl (C=O) groups excluding carboxylic acids is 1. The molecule has 2 N–H and O–H groups in total. The van der Waals surface area contributed by atoms with Crippen LogP contribution in [0.1, 0.15) is 32.8 Å². The first-order chi connectivity index (χ1) is 11.4. The number of carbonyl (C=O) groups is 1. The summed E-state index contributed by atoms with van der Waals surface area (Å²) in [5, 5.41) is 11.3. The van der Waals surface area contributed by atoms with Crippen molar-refractivity contribution in [2.45, 2.75) is 44.4 Å². The third kappa shape index (κ3) is 5.38. The lowest BCUT2D eigenvalue weighted by atomic mass is 10.2. The van der Waals surface area contributed by atoms with E-state index in [0.29, 0.717) is 6.54 Å². The van der Waals surface area contributed by atoms with Crippen molar-refractivity contribution in [3.8, 4) is 0 Å². The highest BCUT2D eigenvalue weighted by Gasteiger charge is 2.15. The zero-order valence-electron chi connectivity index (χ0n) is 14.6. The average Bonchev–Trinajstić information content (AvgIpc) is 2.92. The molecule has 0 aliphatic rings. The lowest BCUT2D eigenvalue weighted by molar-refractivity contribution is 0.0527. The summed E-state index contributed by atoms with van der Waals surface area (Å²) >= 11 is 1.61. The number of amides is 1. The van der Waals surface area contributed by atoms with Crippen LogP contribution in [0.3, 0.4) is 0 Å². The molecule has 0 saturated carbocycles. The Bertz CT molecular complexity index is 681. The van der Waals surface area contributed by atoms with Crippen molar-refractivity contribution in [1.29, 1.82) is 0 Å². The van der Waals surface area contributed by atoms with Gasteiger partial charge in [0.05, 0.1) is 0 Å². The minimum absolute atomic E-state index is 0.373. The molecule has 132 valence electrons. The first-order valence-electron chi connectivity index (χ1n) is 7.93. The predicted octanol–water partition coefficient (Wildman–Crippen LogP) is 2.46. The van der Waals surface area contributed by atoms with E-state index in [0.717, 1.165) is 30.1 Å². The molecule has 0 aromatic carbocycles. The normalized spacial score (nSPS) is 11.7. The van der Waals surface area contributed by atoms with Gasteiger partial charge in [-0.25, -0.2) is 14.3 Å². The SMILES string of the molecule is CSc1ncnn2ccc(CNCCCNC(=O)OC(C)(C)C)c12. The number of hydrogen-bond donors (Lipinski definition) is 2. The fourth-order valence-electron chi connectivity index (χ4n) is 2.22. The number of nitrogens with zero attached hydrogens (tertiary/aromatic N) is 3. The van der Waals surface area contributed by atoms with Crippen molar-refractivity contribution >= 4 is 23.4 Å². The molecule has 1 amide bonds. The topological polar surface area (TPSA) is 80.5 Å². The van der Waals surface area contributed by atoms with Gasteiger partial charge in [0.2, 0.25) is 0 Å². The standard InChI is InChI=1S/C16H25N5O2S/c1-16(2,3)23-15(22)18-8-5-7-17-10-12-6-9-21-13(12)14(24-4)19-11-20-21/h6,9,11,17H,5,7-8,10H2,1-4H3,(H,18,22). The smallest absolute Gasteiger partial charge is 0.407 e. The highest BCUT2D eigenvalue weighted by atomic mass is 32.2. The van der Waals surface area contributed by atoms with E-state index in [9.17, 15) is 4.79 Å². The van der Waals surface area contributed by atoms with Gasteiger partial charge >= 0.3 is 6.09 Å². The molecule has 2 rings (SSSR count). The fraction of sp³-hybridized carbons (Fsp3) is 0.562. The molecule has 2 heterocycles. The van der Waals surface area contributed by atoms with Crippen molar-refractivity contribution in [2.24, 2.45) is 0 Å². The highest BCUT2D eigenvalue weighted by Crippen LogP contribution is 2.21. The highest BCUT2D eigenvalue weighted by molar-refractivity contribution is 7.98. The Morgan fingerprint density at radius 2 is 2.17 bits per heavy atom. The van der Waals surface area contributed by atoms with Gasteiger partial charge in [0.15, 0.2) is 0 Å². The number of ether oxygens (including phenoxy) is 1. The van der Waals surface area contributed by atoms with Crippen LogP contribution in [0, 0.1) is 0 Å². The summed E-state index contributed by atoms with van der Waals surface area (Å²) in [5.74, 6) is 0. The first kappa shape index (κ1) is 18.5. The second-order valence-corrected chi connectivity index (χ2v) is 7.16. The number of nitrogens with one attached hydrogen (secondary N) is 2. The number of fused-ring (bicyclic) bond motifs is 1. The Morgan fingerprint density at radius 1 is 1.38 bits per heavy atom. The third-order valence-electron chi connectivity index (χ3n) is 3.21. The summed E-state index contributed by atoms with van der Waals surface area (Å²) in [6.45, 7) is 7.67. The molecule has 0 bridgehead atoms. The Morgan fingerprint density at radius 3 is 2.88 bits per heavy atom. The average molecular weight is 351 g/mol. The van der Waals surface area contributed by atoms with Gasteiger partial charge < -0.3 is 15.4 Å². The first-order valence-corrected chi connectivity index (χ1v) is 9.16. The van der Waals surface area contributed by atoms with Gasteiger partial charge in [-0.15, -0.1) is 11.8 Å². The molecule has 2 aromatic heterocycles. The van der Waals surface area contributed by atoms with Crippen molar-refractivity contribution in [1.82, 2.24) is 25.2 Å². The van der Waals surface area contributed by atoms with Gasteiger partial charge in [0.1, 0.15) is 22.5 Å². The van der Waals surface area contributed by atoms with Crippen molar-refractivity contribution in [3.05, 3.63) is 24.2 Å². The zero-order chi connectivity index (χ0) is 17.6. The molecule has 0 unspecified atom stereocenters. The zero-order valence-corrected chi connectivity index (χ0v) is 15.4. The molecule has 0 saturated heterocycles. The summed E-state index contributed by atoms with van der Waals surface area (Å²) in [4.78, 5) is 15.8. The quantitative estimate of drug-likeness (QED) is 0.589. The van der Waals surface area contributed by atoms with Crippen LogP contribution in [0.4, 0.5) is 4.79 Å². The fourth-order valence-corrected chi connectivity index (χ4v) is 2.79. The van der Waals surface area contributed by atoms with Crippen molar-refractivity contribution < 1.29 is 9.53 Å². The van der Waals surface area contributed by atoms with Gasteiger partial charge in [-0.3, -0.25) is 0 Å². The molecule has 0 fully saturated rings. The summed E-state index contributed by atoms with van der Waals surface area (Å²) < 4.78 is 7.03. The van der Waals surface area contributed by atoms with E-state index in [4.69, 9.17) is 4.74 Å². The largest absolute Gasteiger partial charge is 0.444 e. The number of hydrogen-bond acceptors (Lipinski definition) is 6. The number of thioether (sulfide) groups is 1. The van der Waals surface area contributed by atoms with Gasteiger partial charge in [-0.1, -0.05) is 0 Å². The minimum Gasteiger partial charge on any atom is -0.444 e. The number of aromatic nitrogens is 3. The van der Waals surface area contributed by atoms with Crippen LogP contribution in [0.2, 0.25) is 0 Å². The van der Waals surface area contributed by atoms with E-state index in [1.165, 1.54) is 5.56 Å². The Balaban J connectivity index is 1.73. The van der Waals surface area contributed by atoms with Crippen LogP contribution >= 0.6 is 11.8 Å². The summed E-state index contributed by atoms with van der Waals surface area (Å²) in [6, 6.07) is 2.05. The van der Waals surface area contributed by atoms with Gasteiger partial charge in [-0.2, -0.15) is 5.10 Å². The minimum atomic E-state index is -0.462. The van der Waals surface area contributed by atoms with Crippen molar-refractivity contribution in [2.75, 3.05) is 19.3 Å². The maximum atomic E-state index is 11.5. The molecule has 24 heavy (non-hydrogen) atoms. The molecular weight excluding hydrogens is 326 g/mol. The number of alkyl carbamates (subject to hydrolysis) is 1. The maximum absolute atomic E-state index is 11.5. The van der Waals surface area contributed by atoms with Crippen LogP contribution in [-0.4, -0.2) is 45.6 Å². The second-order valence-electron chi connectivity index (χ2n) is 6.36. The molecule has 8 heteroatoms. The Labute approximate surface area is 146 Å². The lowest BCUT2D eigenvalue weighted by Crippen LogP contribution is -2.33. The lowest BCUT2D eigenvalue weighted by Gasteiger charge is -2.19. The van der Waals surface area contributed by atoms with Crippen LogP contribution in [0.25, 0.3) is 5.52 Å². The summed E-state index contributed by atoms with van der Waals surface area (Å²) in [5.41, 5.74) is 1.75. The molecule has 0 aliphatic carbocycles. The monoisotopic (exact) mass is 351 g/mol. The summed E-state index contributed by atoms with van der Waals surface area (Å²) in [6.07, 6.45) is 5.98. The van der Waals surface area contributed by atoms with E-state index in [1.807, 2.05) is 37.7 Å². The second kappa shape index (κ2) is 8.34. The van der Waals surface area contributed by atoms with Gasteiger partial charge in [-0.05, 0) is 51.6 Å². The van der Waals surface area contributed by atoms with Crippen LogP contribution in [0.15, 0.2) is 23.6 Å². The van der Waals surface area contributed by atoms with Crippen LogP contribution in [0.5, 0.6) is 0 Å².